The van der Waals surface area contributed by atoms with Gasteiger partial charge in [0.05, 0.1) is 0 Å². The summed E-state index contributed by atoms with van der Waals surface area (Å²) in [4.78, 5) is 0.306. The summed E-state index contributed by atoms with van der Waals surface area (Å²) in [5, 5.41) is 0. The zero-order chi connectivity index (χ0) is 13.9. The zero-order valence-corrected chi connectivity index (χ0v) is 13.7. The van der Waals surface area contributed by atoms with Crippen LogP contribution in [-0.4, -0.2) is 0 Å². The molecule has 1 atom stereocenters. The molecule has 0 nitrogen and oxygen atoms in total. The molecule has 0 radical (unpaired) electrons. The van der Waals surface area contributed by atoms with E-state index in [0.717, 1.165) is 11.1 Å². The van der Waals surface area contributed by atoms with Gasteiger partial charge in [-0.1, -0.05) is 55.8 Å². The summed E-state index contributed by atoms with van der Waals surface area (Å²) in [5.74, 6) is 0.516. The minimum Gasteiger partial charge on any atom is -0.206 e. The molecular formula is C16H22BrF. The smallest absolute Gasteiger partial charge is 0.129 e. The topological polar surface area (TPSA) is 0 Å². The summed E-state index contributed by atoms with van der Waals surface area (Å²) in [6.45, 7) is 12.9. The molecule has 0 aromatic heterocycles. The fourth-order valence-corrected chi connectivity index (χ4v) is 4.90. The normalized spacial score (nSPS) is 22.9. The minimum atomic E-state index is -0.0761. The molecule has 100 valence electrons. The van der Waals surface area contributed by atoms with Crippen LogP contribution in [0.3, 0.4) is 0 Å². The van der Waals surface area contributed by atoms with Crippen molar-refractivity contribution in [3.8, 4) is 0 Å². The van der Waals surface area contributed by atoms with Gasteiger partial charge in [0, 0.05) is 4.83 Å². The maximum atomic E-state index is 13.7. The fourth-order valence-electron chi connectivity index (χ4n) is 3.31. The number of aryl methyl sites for hydroxylation is 2. The molecule has 0 bridgehead atoms. The Morgan fingerprint density at radius 1 is 1.06 bits per heavy atom. The van der Waals surface area contributed by atoms with Gasteiger partial charge < -0.3 is 0 Å². The second kappa shape index (κ2) is 4.06. The Kier molecular flexibility index (Phi) is 3.17. The molecule has 2 heteroatoms. The second-order valence-electron chi connectivity index (χ2n) is 6.79. The molecule has 0 amide bonds. The van der Waals surface area contributed by atoms with Crippen LogP contribution >= 0.6 is 15.9 Å². The molecule has 2 rings (SSSR count). The Hall–Kier alpha value is -0.370. The van der Waals surface area contributed by atoms with Gasteiger partial charge in [0.2, 0.25) is 0 Å². The van der Waals surface area contributed by atoms with Crippen molar-refractivity contribution >= 4 is 15.9 Å². The van der Waals surface area contributed by atoms with Gasteiger partial charge >= 0.3 is 0 Å². The molecule has 0 heterocycles. The van der Waals surface area contributed by atoms with E-state index in [9.17, 15) is 4.39 Å². The van der Waals surface area contributed by atoms with E-state index < -0.39 is 0 Å². The first kappa shape index (κ1) is 14.0. The van der Waals surface area contributed by atoms with E-state index in [4.69, 9.17) is 0 Å². The SMILES string of the molecule is Cc1cc(C(Br)C2C(C)(C)C2(C)C)cc(C)c1F. The van der Waals surface area contributed by atoms with Gasteiger partial charge in [-0.15, -0.1) is 0 Å². The summed E-state index contributed by atoms with van der Waals surface area (Å²) >= 11 is 3.83. The van der Waals surface area contributed by atoms with Crippen molar-refractivity contribution in [1.29, 1.82) is 0 Å². The van der Waals surface area contributed by atoms with E-state index in [0.29, 0.717) is 21.6 Å². The Morgan fingerprint density at radius 3 is 1.78 bits per heavy atom. The lowest BCUT2D eigenvalue weighted by Gasteiger charge is -2.15. The van der Waals surface area contributed by atoms with E-state index in [1.807, 2.05) is 26.0 Å². The molecule has 1 saturated carbocycles. The van der Waals surface area contributed by atoms with Gasteiger partial charge in [-0.05, 0) is 47.3 Å². The maximum absolute atomic E-state index is 13.7. The Balaban J connectivity index is 2.35. The second-order valence-corrected chi connectivity index (χ2v) is 7.78. The average Bonchev–Trinajstić information content (AvgIpc) is 2.64. The Morgan fingerprint density at radius 2 is 1.44 bits per heavy atom. The molecule has 0 aliphatic heterocycles. The van der Waals surface area contributed by atoms with Crippen molar-refractivity contribution < 1.29 is 4.39 Å². The van der Waals surface area contributed by atoms with Gasteiger partial charge in [-0.2, -0.15) is 0 Å². The Bertz CT molecular complexity index is 451. The lowest BCUT2D eigenvalue weighted by Crippen LogP contribution is -2.01. The largest absolute Gasteiger partial charge is 0.206 e. The maximum Gasteiger partial charge on any atom is 0.129 e. The number of hydrogen-bond donors (Lipinski definition) is 0. The zero-order valence-electron chi connectivity index (χ0n) is 12.1. The van der Waals surface area contributed by atoms with Crippen molar-refractivity contribution in [2.24, 2.45) is 16.7 Å². The van der Waals surface area contributed by atoms with Crippen LogP contribution in [0.25, 0.3) is 0 Å². The number of halogens is 2. The molecular weight excluding hydrogens is 291 g/mol. The van der Waals surface area contributed by atoms with E-state index in [1.54, 1.807) is 0 Å². The number of hydrogen-bond acceptors (Lipinski definition) is 0. The molecule has 1 aliphatic carbocycles. The summed E-state index contributed by atoms with van der Waals surface area (Å²) < 4.78 is 13.7. The molecule has 1 aromatic rings. The van der Waals surface area contributed by atoms with Gasteiger partial charge in [-0.25, -0.2) is 4.39 Å². The van der Waals surface area contributed by atoms with Crippen LogP contribution < -0.4 is 0 Å². The van der Waals surface area contributed by atoms with Crippen LogP contribution in [-0.2, 0) is 0 Å². The highest BCUT2D eigenvalue weighted by Gasteiger charge is 2.66. The van der Waals surface area contributed by atoms with Crippen LogP contribution in [0.5, 0.6) is 0 Å². The molecule has 18 heavy (non-hydrogen) atoms. The Labute approximate surface area is 118 Å². The summed E-state index contributed by atoms with van der Waals surface area (Å²) in [5.41, 5.74) is 3.35. The summed E-state index contributed by atoms with van der Waals surface area (Å²) in [6, 6.07) is 3.96. The van der Waals surface area contributed by atoms with E-state index >= 15 is 0 Å². The quantitative estimate of drug-likeness (QED) is 0.627. The van der Waals surface area contributed by atoms with Crippen LogP contribution in [0.2, 0.25) is 0 Å². The molecule has 1 unspecified atom stereocenters. The first-order chi connectivity index (χ1) is 8.10. The highest BCUT2D eigenvalue weighted by molar-refractivity contribution is 9.09. The lowest BCUT2D eigenvalue weighted by atomic mass is 9.98. The third kappa shape index (κ3) is 1.84. The number of benzene rings is 1. The van der Waals surface area contributed by atoms with E-state index in [-0.39, 0.29) is 5.82 Å². The number of rotatable bonds is 2. The third-order valence-electron chi connectivity index (χ3n) is 5.20. The van der Waals surface area contributed by atoms with Crippen LogP contribution in [0.15, 0.2) is 12.1 Å². The van der Waals surface area contributed by atoms with E-state index in [2.05, 4.69) is 43.6 Å². The predicted molar refractivity (Wildman–Crippen MR) is 78.6 cm³/mol. The first-order valence-corrected chi connectivity index (χ1v) is 7.43. The summed E-state index contributed by atoms with van der Waals surface area (Å²) in [6.07, 6.45) is 0. The molecule has 1 aliphatic rings. The van der Waals surface area contributed by atoms with Gasteiger partial charge in [0.25, 0.3) is 0 Å². The predicted octanol–water partition coefficient (Wildman–Crippen LogP) is 5.56. The standard InChI is InChI=1S/C16H22BrF/c1-9-7-11(8-10(2)13(9)18)12(17)14-15(3,4)16(14,5)6/h7-8,12,14H,1-6H3. The summed E-state index contributed by atoms with van der Waals surface area (Å²) in [7, 11) is 0. The molecule has 0 saturated heterocycles. The van der Waals surface area contributed by atoms with Crippen molar-refractivity contribution in [1.82, 2.24) is 0 Å². The van der Waals surface area contributed by atoms with Crippen LogP contribution in [0.1, 0.15) is 49.2 Å². The monoisotopic (exact) mass is 312 g/mol. The highest BCUT2D eigenvalue weighted by atomic mass is 79.9. The lowest BCUT2D eigenvalue weighted by molar-refractivity contribution is 0.457. The first-order valence-electron chi connectivity index (χ1n) is 6.51. The highest BCUT2D eigenvalue weighted by Crippen LogP contribution is 2.73. The van der Waals surface area contributed by atoms with Crippen molar-refractivity contribution in [2.45, 2.75) is 46.4 Å². The molecule has 1 fully saturated rings. The van der Waals surface area contributed by atoms with Gasteiger partial charge in [0.1, 0.15) is 5.82 Å². The number of alkyl halides is 1. The van der Waals surface area contributed by atoms with E-state index in [1.165, 1.54) is 5.56 Å². The van der Waals surface area contributed by atoms with Crippen molar-refractivity contribution in [2.75, 3.05) is 0 Å². The molecule has 0 N–H and O–H groups in total. The van der Waals surface area contributed by atoms with Gasteiger partial charge in [-0.3, -0.25) is 0 Å². The van der Waals surface area contributed by atoms with Crippen molar-refractivity contribution in [3.05, 3.63) is 34.6 Å². The minimum absolute atomic E-state index is 0.0761. The molecule has 1 aromatic carbocycles. The van der Waals surface area contributed by atoms with Crippen molar-refractivity contribution in [3.63, 3.8) is 0 Å². The van der Waals surface area contributed by atoms with Gasteiger partial charge in [0.15, 0.2) is 0 Å². The fraction of sp³-hybridized carbons (Fsp3) is 0.625. The van der Waals surface area contributed by atoms with Crippen LogP contribution in [0, 0.1) is 36.4 Å². The average molecular weight is 313 g/mol. The van der Waals surface area contributed by atoms with Crippen LogP contribution in [0.4, 0.5) is 4.39 Å². The third-order valence-corrected chi connectivity index (χ3v) is 6.26. The molecule has 0 spiro atoms.